The van der Waals surface area contributed by atoms with Gasteiger partial charge in [0.1, 0.15) is 0 Å². The van der Waals surface area contributed by atoms with Gasteiger partial charge in [0.15, 0.2) is 0 Å². The first kappa shape index (κ1) is 27.8. The third kappa shape index (κ3) is 7.98. The SMILES string of the molecule is O=c1n(CC(Br)C(Br)Br)c(=O)n(CC(Br)C(Br)Br)c(=O)n1CC(Br)C(Br)Br. The quantitative estimate of drug-likeness (QED) is 0.335. The van der Waals surface area contributed by atoms with Crippen molar-refractivity contribution in [2.45, 2.75) is 45.3 Å². The molecule has 0 spiro atoms. The Hall–Kier alpha value is 2.73. The van der Waals surface area contributed by atoms with Gasteiger partial charge in [-0.25, -0.2) is 28.1 Å². The van der Waals surface area contributed by atoms with Crippen molar-refractivity contribution in [2.24, 2.45) is 0 Å². The number of nitrogens with zero attached hydrogens (tertiary/aromatic N) is 3. The van der Waals surface area contributed by atoms with Crippen LogP contribution in [0.2, 0.25) is 0 Å². The average molecular weight is 965 g/mol. The molecule has 0 aliphatic heterocycles. The molecule has 0 saturated heterocycles. The minimum absolute atomic E-state index is 0.0805. The lowest BCUT2D eigenvalue weighted by atomic mass is 10.4. The molecular weight excluding hydrogens is 953 g/mol. The number of halogens is 9. The topological polar surface area (TPSA) is 66.0 Å². The van der Waals surface area contributed by atoms with Crippen LogP contribution in [0.15, 0.2) is 14.4 Å². The van der Waals surface area contributed by atoms with Gasteiger partial charge in [0.05, 0.1) is 25.7 Å². The third-order valence-corrected chi connectivity index (χ3v) is 13.8. The molecule has 3 unspecified atom stereocenters. The van der Waals surface area contributed by atoms with Crippen LogP contribution in [0.3, 0.4) is 0 Å². The molecule has 0 N–H and O–H groups in total. The van der Waals surface area contributed by atoms with Crippen LogP contribution in [0.1, 0.15) is 0 Å². The lowest BCUT2D eigenvalue weighted by Crippen LogP contribution is -2.57. The zero-order valence-corrected chi connectivity index (χ0v) is 27.3. The van der Waals surface area contributed by atoms with E-state index in [1.165, 1.54) is 0 Å². The van der Waals surface area contributed by atoms with Crippen molar-refractivity contribution in [3.05, 3.63) is 31.5 Å². The van der Waals surface area contributed by atoms with Gasteiger partial charge in [-0.2, -0.15) is 0 Å². The van der Waals surface area contributed by atoms with Crippen LogP contribution in [0, 0.1) is 0 Å². The summed E-state index contributed by atoms with van der Waals surface area (Å²) < 4.78 is 2.69. The Morgan fingerprint density at radius 1 is 0.481 bits per heavy atom. The minimum Gasteiger partial charge on any atom is -0.247 e. The van der Waals surface area contributed by atoms with Crippen molar-refractivity contribution in [1.29, 1.82) is 0 Å². The Balaban J connectivity index is 3.60. The van der Waals surface area contributed by atoms with E-state index < -0.39 is 17.1 Å². The fourth-order valence-electron chi connectivity index (χ4n) is 1.91. The second kappa shape index (κ2) is 12.7. The molecule has 0 bridgehead atoms. The molecule has 156 valence electrons. The van der Waals surface area contributed by atoms with E-state index >= 15 is 0 Å². The first-order valence-corrected chi connectivity index (χ1v) is 15.3. The van der Waals surface area contributed by atoms with Crippen LogP contribution in [-0.2, 0) is 19.6 Å². The summed E-state index contributed by atoms with van der Waals surface area (Å²) in [4.78, 5) is 37.9. The average Bonchev–Trinajstić information content (AvgIpc) is 2.58. The zero-order chi connectivity index (χ0) is 21.0. The second-order valence-corrected chi connectivity index (χ2v) is 18.4. The van der Waals surface area contributed by atoms with Gasteiger partial charge in [-0.05, 0) is 0 Å². The summed E-state index contributed by atoms with van der Waals surface area (Å²) in [7, 11) is 0. The van der Waals surface area contributed by atoms with Gasteiger partial charge < -0.3 is 0 Å². The van der Waals surface area contributed by atoms with E-state index in [0.717, 1.165) is 13.7 Å². The lowest BCUT2D eigenvalue weighted by Gasteiger charge is -2.20. The Morgan fingerprint density at radius 3 is 0.815 bits per heavy atom. The van der Waals surface area contributed by atoms with Crippen molar-refractivity contribution < 1.29 is 0 Å². The first-order chi connectivity index (χ1) is 12.4. The number of aromatic nitrogens is 3. The molecule has 0 fully saturated rings. The molecule has 3 atom stereocenters. The van der Waals surface area contributed by atoms with Crippen molar-refractivity contribution in [3.8, 4) is 0 Å². The summed E-state index contributed by atoms with van der Waals surface area (Å²) in [5, 5.41) is 0. The predicted molar refractivity (Wildman–Crippen MR) is 142 cm³/mol. The summed E-state index contributed by atoms with van der Waals surface area (Å²) in [6.07, 6.45) is 0. The Kier molecular flexibility index (Phi) is 13.0. The molecule has 0 amide bonds. The fourth-order valence-corrected chi connectivity index (χ4v) is 3.79. The first-order valence-electron chi connectivity index (χ1n) is 7.09. The van der Waals surface area contributed by atoms with Crippen molar-refractivity contribution in [2.75, 3.05) is 0 Å². The molecule has 0 aliphatic carbocycles. The zero-order valence-electron chi connectivity index (χ0n) is 13.1. The van der Waals surface area contributed by atoms with E-state index in [2.05, 4.69) is 143 Å². The van der Waals surface area contributed by atoms with Crippen LogP contribution in [-0.4, -0.2) is 39.4 Å². The molecule has 0 aromatic carbocycles. The largest absolute Gasteiger partial charge is 0.336 e. The van der Waals surface area contributed by atoms with Crippen molar-refractivity contribution in [1.82, 2.24) is 13.7 Å². The molecule has 0 aliphatic rings. The van der Waals surface area contributed by atoms with Gasteiger partial charge in [-0.3, -0.25) is 0 Å². The third-order valence-electron chi connectivity index (χ3n) is 3.28. The molecule has 1 aromatic heterocycles. The van der Waals surface area contributed by atoms with E-state index in [1.54, 1.807) is 0 Å². The Labute approximate surface area is 230 Å². The smallest absolute Gasteiger partial charge is 0.247 e. The normalized spacial score (nSPS) is 15.6. The van der Waals surface area contributed by atoms with Gasteiger partial charge in [-0.15, -0.1) is 0 Å². The molecule has 27 heavy (non-hydrogen) atoms. The van der Waals surface area contributed by atoms with Crippen LogP contribution < -0.4 is 17.1 Å². The van der Waals surface area contributed by atoms with Gasteiger partial charge in [0.2, 0.25) is 0 Å². The highest BCUT2D eigenvalue weighted by atomic mass is 79.9. The van der Waals surface area contributed by atoms with Gasteiger partial charge in [0, 0.05) is 19.6 Å². The van der Waals surface area contributed by atoms with E-state index in [1.807, 2.05) is 0 Å². The number of hydrogen-bond donors (Lipinski definition) is 0. The highest BCUT2D eigenvalue weighted by Crippen LogP contribution is 2.23. The number of hydrogen-bond acceptors (Lipinski definition) is 3. The van der Waals surface area contributed by atoms with Crippen LogP contribution in [0.25, 0.3) is 0 Å². The number of rotatable bonds is 9. The Morgan fingerprint density at radius 2 is 0.667 bits per heavy atom. The van der Waals surface area contributed by atoms with Crippen molar-refractivity contribution >= 4 is 143 Å². The van der Waals surface area contributed by atoms with Crippen LogP contribution >= 0.6 is 143 Å². The molecule has 15 heteroatoms. The van der Waals surface area contributed by atoms with Gasteiger partial charge in [-0.1, -0.05) is 143 Å². The van der Waals surface area contributed by atoms with E-state index in [4.69, 9.17) is 0 Å². The molecule has 0 radical (unpaired) electrons. The monoisotopic (exact) mass is 956 g/mol. The van der Waals surface area contributed by atoms with Gasteiger partial charge in [0.25, 0.3) is 0 Å². The molecule has 1 heterocycles. The van der Waals surface area contributed by atoms with Crippen molar-refractivity contribution in [3.63, 3.8) is 0 Å². The number of alkyl halides is 9. The van der Waals surface area contributed by atoms with Crippen LogP contribution in [0.5, 0.6) is 0 Å². The van der Waals surface area contributed by atoms with E-state index in [9.17, 15) is 14.4 Å². The molecular formula is C12H12Br9N3O3. The maximum absolute atomic E-state index is 12.9. The van der Waals surface area contributed by atoms with E-state index in [0.29, 0.717) is 0 Å². The minimum atomic E-state index is -0.656. The molecule has 1 aromatic rings. The highest BCUT2D eigenvalue weighted by molar-refractivity contribution is 9.26. The van der Waals surface area contributed by atoms with E-state index in [-0.39, 0.29) is 45.3 Å². The maximum atomic E-state index is 12.9. The summed E-state index contributed by atoms with van der Waals surface area (Å²) in [6.45, 7) is 0.241. The molecule has 1 rings (SSSR count). The Bertz CT molecular complexity index is 669. The second-order valence-electron chi connectivity index (χ2n) is 5.23. The molecule has 0 saturated carbocycles. The van der Waals surface area contributed by atoms with Crippen LogP contribution in [0.4, 0.5) is 0 Å². The summed E-state index contributed by atoms with van der Waals surface area (Å²) >= 11 is 30.4. The summed E-state index contributed by atoms with van der Waals surface area (Å²) in [5.41, 5.74) is -1.97. The predicted octanol–water partition coefficient (Wildman–Crippen LogP) is 4.81. The lowest BCUT2D eigenvalue weighted by molar-refractivity contribution is 0.447. The highest BCUT2D eigenvalue weighted by Gasteiger charge is 2.24. The summed E-state index contributed by atoms with van der Waals surface area (Å²) in [6, 6.07) is 0. The standard InChI is InChI=1S/C12H12Br9N3O3/c13-4(7(16)17)1-22-10(25)23(2-5(14)8(18)19)12(27)24(11(22)26)3-6(15)9(20)21/h4-9H,1-3H2. The summed E-state index contributed by atoms with van der Waals surface area (Å²) in [5.74, 6) is 0. The fraction of sp³-hybridized carbons (Fsp3) is 0.750. The maximum Gasteiger partial charge on any atom is 0.336 e. The molecule has 6 nitrogen and oxygen atoms in total. The van der Waals surface area contributed by atoms with Gasteiger partial charge >= 0.3 is 17.1 Å².